The van der Waals surface area contributed by atoms with Crippen molar-refractivity contribution in [1.29, 1.82) is 0 Å². The molecular weight excluding hydrogens is 312 g/mol. The lowest BCUT2D eigenvalue weighted by Gasteiger charge is -2.65. The monoisotopic (exact) mass is 342 g/mol. The molecule has 3 nitrogen and oxygen atoms in total. The maximum atomic E-state index is 12.6. The second kappa shape index (κ2) is 5.43. The van der Waals surface area contributed by atoms with Gasteiger partial charge in [-0.05, 0) is 55.8 Å². The van der Waals surface area contributed by atoms with Crippen LogP contribution >= 0.6 is 0 Å². The zero-order chi connectivity index (χ0) is 18.0. The van der Waals surface area contributed by atoms with Gasteiger partial charge in [0.05, 0.1) is 5.60 Å². The molecule has 4 saturated carbocycles. The minimum absolute atomic E-state index is 0.0222. The number of Topliss-reactive ketones (excluding diaryl/α,β-unsaturated/α-hetero) is 2. The van der Waals surface area contributed by atoms with Crippen LogP contribution in [-0.2, 0) is 9.59 Å². The third-order valence-corrected chi connectivity index (χ3v) is 8.94. The van der Waals surface area contributed by atoms with Gasteiger partial charge in [0.1, 0.15) is 11.6 Å². The zero-order valence-electron chi connectivity index (χ0n) is 15.5. The van der Waals surface area contributed by atoms with Crippen LogP contribution < -0.4 is 0 Å². The first-order valence-electron chi connectivity index (χ1n) is 9.97. The van der Waals surface area contributed by atoms with Crippen molar-refractivity contribution in [2.75, 3.05) is 0 Å². The molecule has 1 N–H and O–H groups in total. The van der Waals surface area contributed by atoms with Crippen LogP contribution in [0.15, 0.2) is 0 Å². The predicted molar refractivity (Wildman–Crippen MR) is 95.5 cm³/mol. The van der Waals surface area contributed by atoms with Crippen molar-refractivity contribution < 1.29 is 14.7 Å². The Hall–Kier alpha value is -1.14. The molecular formula is C22H30O3. The molecule has 4 aliphatic rings. The molecule has 0 spiro atoms. The van der Waals surface area contributed by atoms with Crippen LogP contribution in [0.25, 0.3) is 0 Å². The molecule has 0 unspecified atom stereocenters. The van der Waals surface area contributed by atoms with Crippen molar-refractivity contribution in [2.24, 2.45) is 34.5 Å². The van der Waals surface area contributed by atoms with Gasteiger partial charge in [0, 0.05) is 36.5 Å². The standard InChI is InChI=1S/C22H30O3/c1-4-5-14-12-16-17-6-7-19(24)20(17,2)10-9-18(16)21(3)11-8-15(23)13-22(14,21)25/h1,14,16-18,25H,5-13H2,2-3H3/t14-,16+,17+,18+,20+,21-,22+/m1/s1. The average Bonchev–Trinajstić information content (AvgIpc) is 2.86. The summed E-state index contributed by atoms with van der Waals surface area (Å²) in [6.07, 6.45) is 12.3. The van der Waals surface area contributed by atoms with Gasteiger partial charge in [0.25, 0.3) is 0 Å². The van der Waals surface area contributed by atoms with Crippen LogP contribution in [0.4, 0.5) is 0 Å². The highest BCUT2D eigenvalue weighted by Crippen LogP contribution is 2.67. The lowest BCUT2D eigenvalue weighted by atomic mass is 9.41. The fraction of sp³-hybridized carbons (Fsp3) is 0.818. The number of fused-ring (bicyclic) bond motifs is 5. The Morgan fingerprint density at radius 1 is 1.16 bits per heavy atom. The van der Waals surface area contributed by atoms with Crippen molar-refractivity contribution in [1.82, 2.24) is 0 Å². The summed E-state index contributed by atoms with van der Waals surface area (Å²) < 4.78 is 0. The van der Waals surface area contributed by atoms with E-state index in [1.165, 1.54) is 0 Å². The second-order valence-electron chi connectivity index (χ2n) is 9.69. The summed E-state index contributed by atoms with van der Waals surface area (Å²) in [6, 6.07) is 0. The Kier molecular flexibility index (Phi) is 3.75. The molecule has 4 aliphatic carbocycles. The number of aliphatic hydroxyl groups is 1. The highest BCUT2D eigenvalue weighted by molar-refractivity contribution is 5.87. The van der Waals surface area contributed by atoms with Crippen LogP contribution in [0.1, 0.15) is 71.6 Å². The number of rotatable bonds is 1. The highest BCUT2D eigenvalue weighted by Gasteiger charge is 2.67. The molecule has 0 aromatic rings. The van der Waals surface area contributed by atoms with Gasteiger partial charge in [-0.2, -0.15) is 0 Å². The number of carbonyl (C=O) groups excluding carboxylic acids is 2. The van der Waals surface area contributed by atoms with Gasteiger partial charge < -0.3 is 5.11 Å². The molecule has 4 rings (SSSR count). The van der Waals surface area contributed by atoms with Crippen molar-refractivity contribution in [3.8, 4) is 12.3 Å². The van der Waals surface area contributed by atoms with E-state index in [9.17, 15) is 14.7 Å². The second-order valence-corrected chi connectivity index (χ2v) is 9.69. The fourth-order valence-electron chi connectivity index (χ4n) is 7.42. The number of hydrogen-bond donors (Lipinski definition) is 1. The first-order chi connectivity index (χ1) is 11.8. The van der Waals surface area contributed by atoms with Crippen LogP contribution in [-0.4, -0.2) is 22.3 Å². The number of hydrogen-bond acceptors (Lipinski definition) is 3. The minimum atomic E-state index is -0.966. The van der Waals surface area contributed by atoms with Gasteiger partial charge in [0.15, 0.2) is 0 Å². The van der Waals surface area contributed by atoms with Gasteiger partial charge in [-0.25, -0.2) is 0 Å². The Bertz CT molecular complexity index is 661. The molecule has 0 saturated heterocycles. The van der Waals surface area contributed by atoms with E-state index in [4.69, 9.17) is 6.42 Å². The Morgan fingerprint density at radius 2 is 1.92 bits per heavy atom. The van der Waals surface area contributed by atoms with Crippen LogP contribution in [0.3, 0.4) is 0 Å². The normalized spacial score (nSPS) is 52.1. The molecule has 0 amide bonds. The SMILES string of the molecule is C#CC[C@@H]1C[C@H]2[C@@H]3CCC(=O)[C@@]3(C)CC[C@@H]2[C@@]2(C)CCC(=O)C[C@]12O. The van der Waals surface area contributed by atoms with Crippen molar-refractivity contribution in [3.63, 3.8) is 0 Å². The molecule has 0 aliphatic heterocycles. The van der Waals surface area contributed by atoms with E-state index in [2.05, 4.69) is 19.8 Å². The molecule has 0 aromatic heterocycles. The van der Waals surface area contributed by atoms with E-state index >= 15 is 0 Å². The maximum absolute atomic E-state index is 12.6. The van der Waals surface area contributed by atoms with Gasteiger partial charge >= 0.3 is 0 Å². The van der Waals surface area contributed by atoms with Gasteiger partial charge in [-0.1, -0.05) is 13.8 Å². The van der Waals surface area contributed by atoms with Gasteiger partial charge in [-0.15, -0.1) is 12.3 Å². The van der Waals surface area contributed by atoms with E-state index < -0.39 is 5.60 Å². The molecule has 4 fully saturated rings. The summed E-state index contributed by atoms with van der Waals surface area (Å²) >= 11 is 0. The molecule has 0 bridgehead atoms. The quantitative estimate of drug-likeness (QED) is 0.742. The number of ketones is 2. The highest BCUT2D eigenvalue weighted by atomic mass is 16.3. The Labute approximate surface area is 150 Å². The average molecular weight is 342 g/mol. The Balaban J connectivity index is 1.76. The molecule has 25 heavy (non-hydrogen) atoms. The summed E-state index contributed by atoms with van der Waals surface area (Å²) in [5.41, 5.74) is -1.39. The Morgan fingerprint density at radius 3 is 2.64 bits per heavy atom. The first-order valence-corrected chi connectivity index (χ1v) is 9.97. The van der Waals surface area contributed by atoms with E-state index in [-0.39, 0.29) is 29.0 Å². The smallest absolute Gasteiger partial charge is 0.139 e. The third kappa shape index (κ3) is 2.10. The molecule has 7 atom stereocenters. The van der Waals surface area contributed by atoms with Crippen LogP contribution in [0.2, 0.25) is 0 Å². The molecule has 136 valence electrons. The maximum Gasteiger partial charge on any atom is 0.139 e. The third-order valence-electron chi connectivity index (χ3n) is 8.94. The summed E-state index contributed by atoms with van der Waals surface area (Å²) in [6.45, 7) is 4.38. The fourth-order valence-corrected chi connectivity index (χ4v) is 7.42. The van der Waals surface area contributed by atoms with Crippen LogP contribution in [0, 0.1) is 46.8 Å². The summed E-state index contributed by atoms with van der Waals surface area (Å²) in [5, 5.41) is 11.7. The lowest BCUT2D eigenvalue weighted by molar-refractivity contribution is -0.227. The number of terminal acetylenes is 1. The van der Waals surface area contributed by atoms with Crippen molar-refractivity contribution >= 4 is 11.6 Å². The van der Waals surface area contributed by atoms with E-state index in [1.54, 1.807) is 0 Å². The predicted octanol–water partition coefficient (Wildman–Crippen LogP) is 3.53. The topological polar surface area (TPSA) is 54.4 Å². The summed E-state index contributed by atoms with van der Waals surface area (Å²) in [7, 11) is 0. The van der Waals surface area contributed by atoms with E-state index in [1.807, 2.05) is 0 Å². The van der Waals surface area contributed by atoms with Gasteiger partial charge in [-0.3, -0.25) is 9.59 Å². The summed E-state index contributed by atoms with van der Waals surface area (Å²) in [4.78, 5) is 24.7. The van der Waals surface area contributed by atoms with Crippen LogP contribution in [0.5, 0.6) is 0 Å². The summed E-state index contributed by atoms with van der Waals surface area (Å²) in [5.74, 6) is 4.65. The lowest BCUT2D eigenvalue weighted by Crippen LogP contribution is -2.66. The van der Waals surface area contributed by atoms with E-state index in [0.29, 0.717) is 42.8 Å². The molecule has 0 aromatic carbocycles. The van der Waals surface area contributed by atoms with Crippen molar-refractivity contribution in [2.45, 2.75) is 77.2 Å². The zero-order valence-corrected chi connectivity index (χ0v) is 15.5. The van der Waals surface area contributed by atoms with E-state index in [0.717, 1.165) is 32.1 Å². The first kappa shape index (κ1) is 17.3. The molecule has 0 heterocycles. The number of carbonyl (C=O) groups is 2. The minimum Gasteiger partial charge on any atom is -0.389 e. The van der Waals surface area contributed by atoms with Crippen molar-refractivity contribution in [3.05, 3.63) is 0 Å². The molecule has 3 heteroatoms. The van der Waals surface area contributed by atoms with Gasteiger partial charge in [0.2, 0.25) is 0 Å². The largest absolute Gasteiger partial charge is 0.389 e. The molecule has 0 radical (unpaired) electrons.